The molecule has 0 atom stereocenters. The van der Waals surface area contributed by atoms with Crippen LogP contribution in [0.25, 0.3) is 72.9 Å². The summed E-state index contributed by atoms with van der Waals surface area (Å²) in [6.45, 7) is 6.05. The van der Waals surface area contributed by atoms with E-state index in [4.69, 9.17) is 9.97 Å². The highest BCUT2D eigenvalue weighted by Gasteiger charge is 2.50. The van der Waals surface area contributed by atoms with Gasteiger partial charge in [-0.3, -0.25) is 0 Å². The average molecular weight is 823 g/mol. The van der Waals surface area contributed by atoms with Crippen molar-refractivity contribution in [2.24, 2.45) is 0 Å². The maximum absolute atomic E-state index is 5.32. The molecule has 1 aliphatic heterocycles. The molecule has 0 radical (unpaired) electrons. The highest BCUT2D eigenvalue weighted by molar-refractivity contribution is 7.99. The van der Waals surface area contributed by atoms with Crippen molar-refractivity contribution in [1.29, 1.82) is 0 Å². The van der Waals surface area contributed by atoms with Crippen LogP contribution in [0.1, 0.15) is 34.7 Å². The number of nitrogens with zero attached hydrogens (tertiary/aromatic N) is 2. The maximum atomic E-state index is 5.32. The molecule has 2 aliphatic rings. The second-order valence-electron chi connectivity index (χ2n) is 16.1. The molecule has 0 unspecified atom stereocenters. The van der Waals surface area contributed by atoms with Crippen LogP contribution in [0, 0.1) is 0 Å². The van der Waals surface area contributed by atoms with Crippen molar-refractivity contribution in [3.05, 3.63) is 259 Å². The Hall–Kier alpha value is -7.59. The van der Waals surface area contributed by atoms with Crippen LogP contribution in [0.5, 0.6) is 0 Å². The van der Waals surface area contributed by atoms with Crippen molar-refractivity contribution < 1.29 is 0 Å². The second-order valence-corrected chi connectivity index (χ2v) is 17.2. The fourth-order valence-electron chi connectivity index (χ4n) is 9.62. The van der Waals surface area contributed by atoms with Gasteiger partial charge in [0, 0.05) is 26.5 Å². The summed E-state index contributed by atoms with van der Waals surface area (Å²) in [7, 11) is 0. The number of benzene rings is 8. The number of rotatable bonds is 8. The molecule has 0 N–H and O–H groups in total. The summed E-state index contributed by atoms with van der Waals surface area (Å²) < 4.78 is 0. The lowest BCUT2D eigenvalue weighted by Crippen LogP contribution is -2.32. The first-order chi connectivity index (χ1) is 31.1. The van der Waals surface area contributed by atoms with Crippen LogP contribution in [-0.4, -0.2) is 9.97 Å². The number of allylic oxidation sites excluding steroid dienone is 5. The lowest BCUT2D eigenvalue weighted by molar-refractivity contribution is 0.722. The molecule has 0 fully saturated rings. The Morgan fingerprint density at radius 2 is 0.984 bits per heavy atom. The van der Waals surface area contributed by atoms with Gasteiger partial charge in [-0.1, -0.05) is 200 Å². The molecule has 3 heteroatoms. The molecule has 11 rings (SSSR count). The van der Waals surface area contributed by atoms with Gasteiger partial charge < -0.3 is 0 Å². The Bertz CT molecular complexity index is 3220. The van der Waals surface area contributed by atoms with Crippen LogP contribution in [0.2, 0.25) is 0 Å². The van der Waals surface area contributed by atoms with Crippen LogP contribution < -0.4 is 0 Å². The molecule has 298 valence electrons. The minimum Gasteiger partial charge on any atom is -0.228 e. The highest BCUT2D eigenvalue weighted by atomic mass is 32.2. The van der Waals surface area contributed by atoms with Crippen molar-refractivity contribution in [2.75, 3.05) is 0 Å². The molecule has 0 amide bonds. The average Bonchev–Trinajstić information content (AvgIpc) is 3.64. The number of aromatic nitrogens is 2. The van der Waals surface area contributed by atoms with E-state index in [0.717, 1.165) is 55.9 Å². The predicted octanol–water partition coefficient (Wildman–Crippen LogP) is 15.8. The van der Waals surface area contributed by atoms with Crippen LogP contribution in [0.3, 0.4) is 0 Å². The first kappa shape index (κ1) is 38.3. The molecule has 1 spiro atoms. The van der Waals surface area contributed by atoms with E-state index in [1.165, 1.54) is 48.7 Å². The van der Waals surface area contributed by atoms with Gasteiger partial charge in [-0.15, -0.1) is 0 Å². The van der Waals surface area contributed by atoms with Crippen LogP contribution >= 0.6 is 11.8 Å². The molecule has 63 heavy (non-hydrogen) atoms. The van der Waals surface area contributed by atoms with Gasteiger partial charge in [-0.25, -0.2) is 9.97 Å². The van der Waals surface area contributed by atoms with E-state index in [-0.39, 0.29) is 0 Å². The van der Waals surface area contributed by atoms with Gasteiger partial charge in [0.1, 0.15) is 0 Å². The third kappa shape index (κ3) is 6.61. The topological polar surface area (TPSA) is 25.8 Å². The SMILES string of the molecule is C=C/C=C(\C=C/C)c1cc(-c2ccccc2)cc(-c2ccc(-c3cc(-c4ccc5c(c4)C4(c6ccccc6S5)c5ccccc5-c5ccccc54)nc(-c4ccccc4)n3)cc2)c1. The van der Waals surface area contributed by atoms with E-state index in [9.17, 15) is 0 Å². The van der Waals surface area contributed by atoms with Crippen molar-refractivity contribution in [2.45, 2.75) is 22.1 Å². The summed E-state index contributed by atoms with van der Waals surface area (Å²) >= 11 is 1.86. The van der Waals surface area contributed by atoms with E-state index in [2.05, 4.69) is 219 Å². The molecule has 1 aromatic heterocycles. The first-order valence-electron chi connectivity index (χ1n) is 21.5. The lowest BCUT2D eigenvalue weighted by Gasteiger charge is -2.39. The Kier molecular flexibility index (Phi) is 9.75. The van der Waals surface area contributed by atoms with Gasteiger partial charge in [0.05, 0.1) is 16.8 Å². The smallest absolute Gasteiger partial charge is 0.160 e. The summed E-state index contributed by atoms with van der Waals surface area (Å²) in [6, 6.07) is 72.5. The predicted molar refractivity (Wildman–Crippen MR) is 264 cm³/mol. The normalized spacial score (nSPS) is 13.3. The largest absolute Gasteiger partial charge is 0.228 e. The Labute approximate surface area is 373 Å². The zero-order chi connectivity index (χ0) is 42.3. The summed E-state index contributed by atoms with van der Waals surface area (Å²) in [6.07, 6.45) is 8.14. The quantitative estimate of drug-likeness (QED) is 0.143. The zero-order valence-corrected chi connectivity index (χ0v) is 35.7. The van der Waals surface area contributed by atoms with Gasteiger partial charge >= 0.3 is 0 Å². The zero-order valence-electron chi connectivity index (χ0n) is 34.9. The Balaban J connectivity index is 1.05. The van der Waals surface area contributed by atoms with E-state index < -0.39 is 5.41 Å². The van der Waals surface area contributed by atoms with Gasteiger partial charge in [0.2, 0.25) is 0 Å². The van der Waals surface area contributed by atoms with Gasteiger partial charge in [-0.05, 0) is 116 Å². The molecule has 8 aromatic carbocycles. The maximum Gasteiger partial charge on any atom is 0.160 e. The number of fused-ring (bicyclic) bond motifs is 9. The van der Waals surface area contributed by atoms with Crippen LogP contribution in [0.15, 0.2) is 241 Å². The summed E-state index contributed by atoms with van der Waals surface area (Å²) in [5.41, 5.74) is 19.0. The van der Waals surface area contributed by atoms with Crippen molar-refractivity contribution in [1.82, 2.24) is 9.97 Å². The molecule has 2 nitrogen and oxygen atoms in total. The molecular formula is C60H42N2S. The lowest BCUT2D eigenvalue weighted by atomic mass is 9.67. The first-order valence-corrected chi connectivity index (χ1v) is 22.3. The fourth-order valence-corrected chi connectivity index (χ4v) is 10.8. The number of hydrogen-bond acceptors (Lipinski definition) is 3. The molecule has 0 bridgehead atoms. The molecular weight excluding hydrogens is 781 g/mol. The van der Waals surface area contributed by atoms with Gasteiger partial charge in [0.15, 0.2) is 5.82 Å². The van der Waals surface area contributed by atoms with Gasteiger partial charge in [0.25, 0.3) is 0 Å². The summed E-state index contributed by atoms with van der Waals surface area (Å²) in [5, 5.41) is 0. The van der Waals surface area contributed by atoms with Crippen LogP contribution in [-0.2, 0) is 5.41 Å². The highest BCUT2D eigenvalue weighted by Crippen LogP contribution is 2.62. The standard InChI is InChI=1S/C60H42N2S/c1-3-17-40(18-4-2)46-35-47(41-19-7-5-8-20-41)37-48(36-46)42-29-31-43(32-30-42)55-39-56(62-59(61-55)44-21-9-6-10-22-44)45-33-34-58-54(38-45)60(53-27-15-16-28-57(53)63-58)51-25-13-11-23-49(51)50-24-12-14-26-52(50)60/h3-39H,1H2,2H3/b18-4-,40-17+. The van der Waals surface area contributed by atoms with E-state index in [1.54, 1.807) is 0 Å². The van der Waals surface area contributed by atoms with Crippen molar-refractivity contribution >= 4 is 17.3 Å². The van der Waals surface area contributed by atoms with Crippen molar-refractivity contribution in [3.8, 4) is 67.3 Å². The molecule has 2 heterocycles. The van der Waals surface area contributed by atoms with E-state index in [1.807, 2.05) is 30.8 Å². The second kappa shape index (κ2) is 16.0. The summed E-state index contributed by atoms with van der Waals surface area (Å²) in [5.74, 6) is 0.696. The molecule has 1 aliphatic carbocycles. The van der Waals surface area contributed by atoms with Gasteiger partial charge in [-0.2, -0.15) is 0 Å². The van der Waals surface area contributed by atoms with E-state index >= 15 is 0 Å². The summed E-state index contributed by atoms with van der Waals surface area (Å²) in [4.78, 5) is 13.1. The third-order valence-electron chi connectivity index (χ3n) is 12.4. The third-order valence-corrected chi connectivity index (χ3v) is 13.6. The molecule has 0 saturated carbocycles. The van der Waals surface area contributed by atoms with E-state index in [0.29, 0.717) is 5.82 Å². The minimum atomic E-state index is -0.471. The monoisotopic (exact) mass is 822 g/mol. The molecule has 9 aromatic rings. The minimum absolute atomic E-state index is 0.471. The number of hydrogen-bond donors (Lipinski definition) is 0. The van der Waals surface area contributed by atoms with Crippen molar-refractivity contribution in [3.63, 3.8) is 0 Å². The Morgan fingerprint density at radius 3 is 1.63 bits per heavy atom. The molecule has 0 saturated heterocycles. The fraction of sp³-hybridized carbons (Fsp3) is 0.0333. The van der Waals surface area contributed by atoms with Crippen LogP contribution in [0.4, 0.5) is 0 Å². The Morgan fingerprint density at radius 1 is 0.460 bits per heavy atom.